The zero-order chi connectivity index (χ0) is 19.2. The fourth-order valence-corrected chi connectivity index (χ4v) is 2.88. The van der Waals surface area contributed by atoms with E-state index in [1.165, 1.54) is 0 Å². The molecule has 0 aliphatic carbocycles. The van der Waals surface area contributed by atoms with Gasteiger partial charge in [0.1, 0.15) is 6.61 Å². The zero-order valence-electron chi connectivity index (χ0n) is 15.0. The number of aromatic amines is 1. The Bertz CT molecular complexity index is 996. The molecule has 0 fully saturated rings. The minimum absolute atomic E-state index is 0.459. The van der Waals surface area contributed by atoms with Crippen LogP contribution in [0.25, 0.3) is 0 Å². The predicted octanol–water partition coefficient (Wildman–Crippen LogP) is 4.74. The number of benzene rings is 2. The Kier molecular flexibility index (Phi) is 6.41. The molecule has 1 N–H and O–H groups in total. The molecule has 0 radical (unpaired) electrons. The summed E-state index contributed by atoms with van der Waals surface area (Å²) in [5.41, 5.74) is 1.94. The first kappa shape index (κ1) is 19.3. The molecule has 27 heavy (non-hydrogen) atoms. The average Bonchev–Trinajstić information content (AvgIpc) is 3.05. The lowest BCUT2D eigenvalue weighted by atomic mass is 10.2. The smallest absolute Gasteiger partial charge is 0.216 e. The fourth-order valence-electron chi connectivity index (χ4n) is 2.42. The highest BCUT2D eigenvalue weighted by Gasteiger charge is 2.07. The molecule has 1 aromatic heterocycles. The molecule has 8 heteroatoms. The third kappa shape index (κ3) is 4.84. The summed E-state index contributed by atoms with van der Waals surface area (Å²) in [6, 6.07) is 13.7. The summed E-state index contributed by atoms with van der Waals surface area (Å²) in [5.74, 6) is 2.09. The van der Waals surface area contributed by atoms with Gasteiger partial charge in [-0.3, -0.25) is 5.10 Å². The van der Waals surface area contributed by atoms with Gasteiger partial charge in [-0.2, -0.15) is 14.9 Å². The number of H-pyrrole nitrogens is 1. The van der Waals surface area contributed by atoms with Crippen LogP contribution < -0.4 is 9.47 Å². The molecule has 3 rings (SSSR count). The van der Waals surface area contributed by atoms with Crippen LogP contribution in [0.5, 0.6) is 11.5 Å². The number of hydrogen-bond acceptors (Lipinski definition) is 5. The van der Waals surface area contributed by atoms with Crippen LogP contribution in [-0.2, 0) is 13.0 Å². The number of aromatic nitrogens is 3. The van der Waals surface area contributed by atoms with Gasteiger partial charge >= 0.3 is 0 Å². The third-order valence-corrected chi connectivity index (χ3v) is 4.64. The largest absolute Gasteiger partial charge is 0.493 e. The first-order valence-corrected chi connectivity index (χ1v) is 9.56. The van der Waals surface area contributed by atoms with Crippen molar-refractivity contribution in [3.63, 3.8) is 0 Å². The molecule has 0 bridgehead atoms. The van der Waals surface area contributed by atoms with Crippen LogP contribution in [0.1, 0.15) is 23.9 Å². The normalized spacial score (nSPS) is 11.1. The summed E-state index contributed by atoms with van der Waals surface area (Å²) < 4.78 is 14.5. The van der Waals surface area contributed by atoms with Gasteiger partial charge in [-0.15, -0.1) is 0 Å². The van der Waals surface area contributed by atoms with E-state index in [0.717, 1.165) is 27.8 Å². The maximum atomic E-state index is 5.89. The predicted molar refractivity (Wildman–Crippen MR) is 111 cm³/mol. The van der Waals surface area contributed by atoms with Gasteiger partial charge in [-0.1, -0.05) is 35.0 Å². The highest BCUT2D eigenvalue weighted by atomic mass is 79.9. The van der Waals surface area contributed by atoms with E-state index >= 15 is 0 Å². The summed E-state index contributed by atoms with van der Waals surface area (Å²) in [7, 11) is 1.62. The Labute approximate surface area is 171 Å². The Morgan fingerprint density at radius 2 is 2.00 bits per heavy atom. The molecular weight excluding hydrogens is 428 g/mol. The minimum Gasteiger partial charge on any atom is -0.493 e. The molecule has 3 aromatic rings. The molecule has 140 valence electrons. The van der Waals surface area contributed by atoms with Crippen LogP contribution >= 0.6 is 28.1 Å². The van der Waals surface area contributed by atoms with Crippen LogP contribution in [0.3, 0.4) is 0 Å². The average molecular weight is 447 g/mol. The Hall–Kier alpha value is -2.45. The molecule has 0 unspecified atom stereocenters. The van der Waals surface area contributed by atoms with Gasteiger partial charge in [0.15, 0.2) is 17.3 Å². The molecular formula is C19H19BrN4O2S. The van der Waals surface area contributed by atoms with Crippen LogP contribution in [-0.4, -0.2) is 28.2 Å². The number of halogens is 1. The second kappa shape index (κ2) is 8.96. The maximum Gasteiger partial charge on any atom is 0.216 e. The number of nitrogens with one attached hydrogen (secondary N) is 1. The Morgan fingerprint density at radius 3 is 2.70 bits per heavy atom. The SMILES string of the molecule is CCc1n[nH]c(=S)n1/N=C\c1ccc(OCc2ccc(Br)cc2)c(OC)c1. The van der Waals surface area contributed by atoms with Crippen LogP contribution in [0, 0.1) is 4.77 Å². The van der Waals surface area contributed by atoms with Crippen molar-refractivity contribution in [1.29, 1.82) is 0 Å². The number of methoxy groups -OCH3 is 1. The Morgan fingerprint density at radius 1 is 1.22 bits per heavy atom. The fraction of sp³-hybridized carbons (Fsp3) is 0.211. The first-order chi connectivity index (χ1) is 13.1. The lowest BCUT2D eigenvalue weighted by Crippen LogP contribution is -1.99. The van der Waals surface area contributed by atoms with Gasteiger partial charge in [0, 0.05) is 10.9 Å². The van der Waals surface area contributed by atoms with Gasteiger partial charge in [0.05, 0.1) is 13.3 Å². The van der Waals surface area contributed by atoms with Crippen molar-refractivity contribution in [3.8, 4) is 11.5 Å². The maximum absolute atomic E-state index is 5.89. The van der Waals surface area contributed by atoms with E-state index in [4.69, 9.17) is 21.7 Å². The number of aryl methyl sites for hydroxylation is 1. The lowest BCUT2D eigenvalue weighted by Gasteiger charge is -2.11. The third-order valence-electron chi connectivity index (χ3n) is 3.85. The summed E-state index contributed by atoms with van der Waals surface area (Å²) in [5, 5.41) is 11.3. The number of nitrogens with zero attached hydrogens (tertiary/aromatic N) is 3. The molecule has 2 aromatic carbocycles. The second-order valence-corrected chi connectivity index (χ2v) is 6.98. The van der Waals surface area contributed by atoms with Crippen molar-refractivity contribution in [2.75, 3.05) is 7.11 Å². The molecule has 0 saturated heterocycles. The van der Waals surface area contributed by atoms with Gasteiger partial charge < -0.3 is 9.47 Å². The summed E-state index contributed by atoms with van der Waals surface area (Å²) in [6.07, 6.45) is 2.45. The number of rotatable bonds is 7. The number of ether oxygens (including phenoxy) is 2. The van der Waals surface area contributed by atoms with Crippen molar-refractivity contribution in [2.24, 2.45) is 5.10 Å². The van der Waals surface area contributed by atoms with E-state index in [9.17, 15) is 0 Å². The zero-order valence-corrected chi connectivity index (χ0v) is 17.4. The summed E-state index contributed by atoms with van der Waals surface area (Å²) >= 11 is 8.62. The van der Waals surface area contributed by atoms with Crippen LogP contribution in [0.2, 0.25) is 0 Å². The van der Waals surface area contributed by atoms with Crippen molar-refractivity contribution in [2.45, 2.75) is 20.0 Å². The van der Waals surface area contributed by atoms with E-state index in [-0.39, 0.29) is 0 Å². The Balaban J connectivity index is 1.75. The van der Waals surface area contributed by atoms with E-state index < -0.39 is 0 Å². The minimum atomic E-state index is 0.459. The van der Waals surface area contributed by atoms with Crippen LogP contribution in [0.15, 0.2) is 52.0 Å². The van der Waals surface area contributed by atoms with Gasteiger partial charge in [0.2, 0.25) is 4.77 Å². The summed E-state index contributed by atoms with van der Waals surface area (Å²) in [6.45, 7) is 2.46. The highest BCUT2D eigenvalue weighted by Crippen LogP contribution is 2.28. The second-order valence-electron chi connectivity index (χ2n) is 5.68. The first-order valence-electron chi connectivity index (χ1n) is 8.36. The monoisotopic (exact) mass is 446 g/mol. The molecule has 0 amide bonds. The molecule has 0 spiro atoms. The van der Waals surface area contributed by atoms with Crippen LogP contribution in [0.4, 0.5) is 0 Å². The molecule has 0 atom stereocenters. The van der Waals surface area contributed by atoms with Crippen molar-refractivity contribution < 1.29 is 9.47 Å². The van der Waals surface area contributed by atoms with E-state index in [1.807, 2.05) is 49.4 Å². The quantitative estimate of drug-likeness (QED) is 0.420. The summed E-state index contributed by atoms with van der Waals surface area (Å²) in [4.78, 5) is 0. The highest BCUT2D eigenvalue weighted by molar-refractivity contribution is 9.10. The molecule has 0 aliphatic heterocycles. The van der Waals surface area contributed by atoms with E-state index in [0.29, 0.717) is 22.9 Å². The molecule has 0 saturated carbocycles. The van der Waals surface area contributed by atoms with Crippen molar-refractivity contribution in [3.05, 3.63) is 68.7 Å². The van der Waals surface area contributed by atoms with Crippen molar-refractivity contribution in [1.82, 2.24) is 14.9 Å². The lowest BCUT2D eigenvalue weighted by molar-refractivity contribution is 0.284. The number of hydrogen-bond donors (Lipinski definition) is 1. The van der Waals surface area contributed by atoms with Gasteiger partial charge in [-0.25, -0.2) is 0 Å². The molecule has 0 aliphatic rings. The molecule has 1 heterocycles. The molecule has 6 nitrogen and oxygen atoms in total. The van der Waals surface area contributed by atoms with Gasteiger partial charge in [-0.05, 0) is 53.7 Å². The van der Waals surface area contributed by atoms with Gasteiger partial charge in [0.25, 0.3) is 0 Å². The topological polar surface area (TPSA) is 64.4 Å². The standard InChI is InChI=1S/C19H19BrN4O2S/c1-3-18-22-23-19(27)24(18)21-11-14-6-9-16(17(10-14)25-2)26-12-13-4-7-15(20)8-5-13/h4-11H,3,12H2,1-2H3,(H,23,27)/b21-11-. The van der Waals surface area contributed by atoms with Crippen molar-refractivity contribution >= 4 is 34.4 Å². The van der Waals surface area contributed by atoms with E-state index in [1.54, 1.807) is 18.0 Å². The van der Waals surface area contributed by atoms with E-state index in [2.05, 4.69) is 31.2 Å².